The highest BCUT2D eigenvalue weighted by molar-refractivity contribution is 5.77. The zero-order chi connectivity index (χ0) is 15.1. The summed E-state index contributed by atoms with van der Waals surface area (Å²) in [5.41, 5.74) is 4.15. The van der Waals surface area contributed by atoms with Crippen LogP contribution < -0.4 is 10.6 Å². The van der Waals surface area contributed by atoms with E-state index >= 15 is 0 Å². The number of nitrogens with one attached hydrogen (secondary N) is 2. The molecule has 0 amide bonds. The van der Waals surface area contributed by atoms with Gasteiger partial charge in [-0.25, -0.2) is 8.78 Å². The van der Waals surface area contributed by atoms with Crippen LogP contribution in [-0.4, -0.2) is 19.1 Å². The quantitative estimate of drug-likeness (QED) is 0.835. The minimum absolute atomic E-state index is 0.425. The molecule has 2 atom stereocenters. The van der Waals surface area contributed by atoms with Gasteiger partial charge in [-0.15, -0.1) is 0 Å². The molecule has 2 N–H and O–H groups in total. The minimum Gasteiger partial charge on any atom is -0.381 e. The van der Waals surface area contributed by atoms with Crippen molar-refractivity contribution in [2.45, 2.75) is 24.8 Å². The van der Waals surface area contributed by atoms with Crippen molar-refractivity contribution in [3.05, 3.63) is 53.6 Å². The van der Waals surface area contributed by atoms with Gasteiger partial charge in [-0.3, -0.25) is 0 Å². The van der Waals surface area contributed by atoms with Crippen LogP contribution in [0.15, 0.2) is 36.4 Å². The van der Waals surface area contributed by atoms with Crippen LogP contribution in [0.5, 0.6) is 0 Å². The van der Waals surface area contributed by atoms with E-state index in [1.165, 1.54) is 17.7 Å². The Morgan fingerprint density at radius 3 is 2.68 bits per heavy atom. The Morgan fingerprint density at radius 1 is 0.955 bits per heavy atom. The molecule has 22 heavy (non-hydrogen) atoms. The van der Waals surface area contributed by atoms with Crippen molar-refractivity contribution in [2.24, 2.45) is 0 Å². The molecule has 2 aromatic carbocycles. The van der Waals surface area contributed by atoms with Crippen molar-refractivity contribution in [3.8, 4) is 11.1 Å². The van der Waals surface area contributed by atoms with Gasteiger partial charge in [0.05, 0.1) is 0 Å². The number of fused-ring (bicyclic) bond motifs is 3. The molecule has 0 saturated carbocycles. The zero-order valence-corrected chi connectivity index (χ0v) is 12.2. The lowest BCUT2D eigenvalue weighted by Gasteiger charge is -2.18. The largest absolute Gasteiger partial charge is 0.381 e. The average Bonchev–Trinajstić information content (AvgIpc) is 2.72. The Morgan fingerprint density at radius 2 is 1.82 bits per heavy atom. The molecule has 2 aromatic rings. The second-order valence-electron chi connectivity index (χ2n) is 6.08. The van der Waals surface area contributed by atoms with Crippen molar-refractivity contribution < 1.29 is 8.78 Å². The van der Waals surface area contributed by atoms with Crippen LogP contribution in [-0.2, 0) is 0 Å². The fourth-order valence-electron chi connectivity index (χ4n) is 3.77. The molecule has 0 spiro atoms. The van der Waals surface area contributed by atoms with Crippen LogP contribution in [0.4, 0.5) is 14.5 Å². The lowest BCUT2D eigenvalue weighted by molar-refractivity contribution is 0.509. The predicted octanol–water partition coefficient (Wildman–Crippen LogP) is 3.89. The van der Waals surface area contributed by atoms with E-state index in [-0.39, 0.29) is 0 Å². The molecular formula is C18H18F2N2. The second kappa shape index (κ2) is 5.36. The van der Waals surface area contributed by atoms with Gasteiger partial charge in [0.25, 0.3) is 0 Å². The lowest BCUT2D eigenvalue weighted by Crippen LogP contribution is -2.21. The molecular weight excluding hydrogens is 282 g/mol. The number of hydrogen-bond acceptors (Lipinski definition) is 2. The van der Waals surface area contributed by atoms with E-state index < -0.39 is 11.6 Å². The summed E-state index contributed by atoms with van der Waals surface area (Å²) < 4.78 is 26.8. The molecule has 2 aliphatic rings. The van der Waals surface area contributed by atoms with E-state index in [0.29, 0.717) is 12.0 Å². The number of anilines is 1. The summed E-state index contributed by atoms with van der Waals surface area (Å²) in [6.07, 6.45) is 2.14. The Kier molecular flexibility index (Phi) is 3.34. The monoisotopic (exact) mass is 300 g/mol. The van der Waals surface area contributed by atoms with Crippen LogP contribution in [0.25, 0.3) is 11.1 Å². The van der Waals surface area contributed by atoms with Gasteiger partial charge in [-0.05, 0) is 60.8 Å². The van der Waals surface area contributed by atoms with Gasteiger partial charge < -0.3 is 10.6 Å². The maximum absolute atomic E-state index is 13.6. The third-order valence-electron chi connectivity index (χ3n) is 4.80. The topological polar surface area (TPSA) is 24.1 Å². The zero-order valence-electron chi connectivity index (χ0n) is 12.2. The average molecular weight is 300 g/mol. The first-order chi connectivity index (χ1) is 10.7. The molecule has 0 radical (unpaired) electrons. The van der Waals surface area contributed by atoms with Gasteiger partial charge in [0, 0.05) is 17.6 Å². The number of rotatable bonds is 1. The molecule has 2 heterocycles. The summed E-state index contributed by atoms with van der Waals surface area (Å²) in [6.45, 7) is 2.01. The van der Waals surface area contributed by atoms with Crippen molar-refractivity contribution in [1.29, 1.82) is 0 Å². The normalized spacial score (nSPS) is 23.4. The molecule has 0 bridgehead atoms. The van der Waals surface area contributed by atoms with E-state index in [2.05, 4.69) is 16.7 Å². The third kappa shape index (κ3) is 2.18. The van der Waals surface area contributed by atoms with Gasteiger partial charge in [0.1, 0.15) is 0 Å². The maximum atomic E-state index is 13.6. The first-order valence-electron chi connectivity index (χ1n) is 7.79. The predicted molar refractivity (Wildman–Crippen MR) is 84.0 cm³/mol. The molecule has 4 heteroatoms. The van der Waals surface area contributed by atoms with Crippen molar-refractivity contribution >= 4 is 5.69 Å². The summed E-state index contributed by atoms with van der Waals surface area (Å²) >= 11 is 0. The molecule has 0 unspecified atom stereocenters. The van der Waals surface area contributed by atoms with Crippen LogP contribution in [0.1, 0.15) is 24.3 Å². The minimum atomic E-state index is -0.800. The number of halogens is 2. The Labute approximate surface area is 128 Å². The summed E-state index contributed by atoms with van der Waals surface area (Å²) in [6, 6.07) is 10.7. The molecule has 1 fully saturated rings. The molecule has 0 aliphatic carbocycles. The van der Waals surface area contributed by atoms with Gasteiger partial charge in [0.2, 0.25) is 0 Å². The SMILES string of the molecule is Fc1ccc(-c2cccc3c2[C@H]2CCNCC[C@@H]2N3)cc1F. The van der Waals surface area contributed by atoms with Crippen LogP contribution in [0.2, 0.25) is 0 Å². The summed E-state index contributed by atoms with van der Waals surface area (Å²) in [5.74, 6) is -1.17. The molecule has 4 rings (SSSR count). The molecule has 114 valence electrons. The first kappa shape index (κ1) is 13.7. The van der Waals surface area contributed by atoms with E-state index in [1.54, 1.807) is 6.07 Å². The second-order valence-corrected chi connectivity index (χ2v) is 6.08. The van der Waals surface area contributed by atoms with Crippen molar-refractivity contribution in [2.75, 3.05) is 18.4 Å². The molecule has 2 nitrogen and oxygen atoms in total. The summed E-state index contributed by atoms with van der Waals surface area (Å²) in [5, 5.41) is 7.04. The smallest absolute Gasteiger partial charge is 0.159 e. The van der Waals surface area contributed by atoms with E-state index in [0.717, 1.165) is 42.7 Å². The van der Waals surface area contributed by atoms with E-state index in [9.17, 15) is 8.78 Å². The van der Waals surface area contributed by atoms with Gasteiger partial charge >= 0.3 is 0 Å². The van der Waals surface area contributed by atoms with E-state index in [1.807, 2.05) is 12.1 Å². The maximum Gasteiger partial charge on any atom is 0.159 e. The van der Waals surface area contributed by atoms with Gasteiger partial charge in [0.15, 0.2) is 11.6 Å². The number of hydrogen-bond donors (Lipinski definition) is 2. The Balaban J connectivity index is 1.82. The molecule has 2 aliphatic heterocycles. The van der Waals surface area contributed by atoms with Crippen LogP contribution in [0, 0.1) is 11.6 Å². The van der Waals surface area contributed by atoms with E-state index in [4.69, 9.17) is 0 Å². The first-order valence-corrected chi connectivity index (χ1v) is 7.79. The highest BCUT2D eigenvalue weighted by atomic mass is 19.2. The lowest BCUT2D eigenvalue weighted by atomic mass is 9.86. The van der Waals surface area contributed by atoms with Gasteiger partial charge in [-0.1, -0.05) is 18.2 Å². The summed E-state index contributed by atoms with van der Waals surface area (Å²) in [4.78, 5) is 0. The Bertz CT molecular complexity index is 714. The van der Waals surface area contributed by atoms with Gasteiger partial charge in [-0.2, -0.15) is 0 Å². The third-order valence-corrected chi connectivity index (χ3v) is 4.80. The highest BCUT2D eigenvalue weighted by Crippen LogP contribution is 2.45. The van der Waals surface area contributed by atoms with Crippen LogP contribution in [0.3, 0.4) is 0 Å². The fraction of sp³-hybridized carbons (Fsp3) is 0.333. The molecule has 0 aromatic heterocycles. The van der Waals surface area contributed by atoms with Crippen LogP contribution >= 0.6 is 0 Å². The highest BCUT2D eigenvalue weighted by Gasteiger charge is 2.34. The fourth-order valence-corrected chi connectivity index (χ4v) is 3.77. The standard InChI is InChI=1S/C18H18F2N2/c19-14-5-4-11(10-15(14)20)12-2-1-3-17-18(12)13-6-8-21-9-7-16(13)22-17/h1-5,10,13,16,21-22H,6-9H2/t13-,16-/m0/s1. The summed E-state index contributed by atoms with van der Waals surface area (Å²) in [7, 11) is 0. The van der Waals surface area contributed by atoms with Crippen molar-refractivity contribution in [1.82, 2.24) is 5.32 Å². The molecule has 1 saturated heterocycles. The van der Waals surface area contributed by atoms with Crippen molar-refractivity contribution in [3.63, 3.8) is 0 Å². The number of benzene rings is 2. The Hall–Kier alpha value is -1.94.